The second-order valence-electron chi connectivity index (χ2n) is 19.8. The van der Waals surface area contributed by atoms with Crippen LogP contribution in [0.15, 0.2) is 237 Å². The molecule has 10 rings (SSSR count). The topological polar surface area (TPSA) is 178 Å². The minimum atomic E-state index is -0.448. The summed E-state index contributed by atoms with van der Waals surface area (Å²) in [4.78, 5) is 62.9. The van der Waals surface area contributed by atoms with Gasteiger partial charge in [-0.2, -0.15) is 0 Å². The zero-order valence-electron chi connectivity index (χ0n) is 56.0. The Labute approximate surface area is 655 Å². The van der Waals surface area contributed by atoms with E-state index in [1.807, 2.05) is 34.6 Å². The lowest BCUT2D eigenvalue weighted by molar-refractivity contribution is 0.0725. The third-order valence-electron chi connectivity index (χ3n) is 12.7. The second kappa shape index (κ2) is 49.2. The van der Waals surface area contributed by atoms with Gasteiger partial charge in [0.2, 0.25) is 0 Å². The molecule has 0 atom stereocenters. The molecule has 0 unspecified atom stereocenters. The fraction of sp³-hybridized carbons (Fsp3) is 0.133. The van der Waals surface area contributed by atoms with Gasteiger partial charge in [0.05, 0.1) is 86.0 Å². The molecule has 0 bridgehead atoms. The van der Waals surface area contributed by atoms with Gasteiger partial charge in [-0.25, -0.2) is 24.0 Å². The Morgan fingerprint density at radius 3 is 0.467 bits per heavy atom. The first-order valence-corrected chi connectivity index (χ1v) is 34.3. The van der Waals surface area contributed by atoms with Crippen LogP contribution in [0.3, 0.4) is 0 Å². The van der Waals surface area contributed by atoms with Crippen molar-refractivity contribution in [3.8, 4) is 57.5 Å². The van der Waals surface area contributed by atoms with E-state index in [-0.39, 0.29) is 23.5 Å². The highest BCUT2D eigenvalue weighted by Crippen LogP contribution is 2.31. The Bertz CT molecular complexity index is 3730. The van der Waals surface area contributed by atoms with Gasteiger partial charge < -0.3 is 47.4 Å². The largest absolute Gasteiger partial charge is 0.494 e. The summed E-state index contributed by atoms with van der Waals surface area (Å²) >= 11 is 50.3. The van der Waals surface area contributed by atoms with Crippen molar-refractivity contribution in [1.29, 1.82) is 0 Å². The number of rotatable bonds is 20. The molecule has 0 radical (unpaired) electrons. The van der Waals surface area contributed by atoms with Crippen LogP contribution in [-0.4, -0.2) is 62.9 Å². The molecule has 10 aromatic rings. The highest BCUT2D eigenvalue weighted by molar-refractivity contribution is 7.81. The van der Waals surface area contributed by atoms with Crippen LogP contribution in [0.5, 0.6) is 57.5 Å². The molecule has 0 spiro atoms. The van der Waals surface area contributed by atoms with Gasteiger partial charge in [0.25, 0.3) is 0 Å². The van der Waals surface area contributed by atoms with Gasteiger partial charge >= 0.3 is 29.8 Å². The zero-order chi connectivity index (χ0) is 72.7. The Hall–Kier alpha value is -8.60. The maximum atomic E-state index is 12.0. The van der Waals surface area contributed by atoms with Crippen molar-refractivity contribution in [3.63, 3.8) is 0 Å². The van der Waals surface area contributed by atoms with Crippen LogP contribution >= 0.6 is 121 Å². The van der Waals surface area contributed by atoms with E-state index in [1.54, 1.807) is 212 Å². The Morgan fingerprint density at radius 1 is 0.229 bits per heavy atom. The van der Waals surface area contributed by atoms with E-state index in [0.717, 1.165) is 0 Å². The average Bonchev–Trinajstić information content (AvgIpc) is 0.875. The molecular formula is C75H70Cl5F5O15S5. The maximum Gasteiger partial charge on any atom is 0.343 e. The summed E-state index contributed by atoms with van der Waals surface area (Å²) in [6.45, 7) is 12.4. The standard InChI is InChI=1S/5C15H13ClO3S.5FH/c5*1-2-18-11-5-3-10(4-6-11)15(17)19-12-7-8-14(20)13(16)9-12;;;;;/h5*3-9,20H,2H2,1H3;5*1H. The van der Waals surface area contributed by atoms with Gasteiger partial charge in [0.1, 0.15) is 57.5 Å². The summed E-state index contributed by atoms with van der Waals surface area (Å²) in [6, 6.07) is 58.1. The van der Waals surface area contributed by atoms with E-state index >= 15 is 0 Å². The molecule has 0 aromatic heterocycles. The summed E-state index contributed by atoms with van der Waals surface area (Å²) in [5.41, 5.74) is 2.22. The predicted molar refractivity (Wildman–Crippen MR) is 419 cm³/mol. The van der Waals surface area contributed by atoms with Crippen LogP contribution in [0.1, 0.15) is 86.4 Å². The molecule has 105 heavy (non-hydrogen) atoms. The second-order valence-corrected chi connectivity index (χ2v) is 24.2. The first-order chi connectivity index (χ1) is 48.0. The van der Waals surface area contributed by atoms with Gasteiger partial charge in [0.15, 0.2) is 0 Å². The quantitative estimate of drug-likeness (QED) is 0.0211. The molecule has 0 amide bonds. The Balaban J connectivity index is 0.000000649. The fourth-order valence-electron chi connectivity index (χ4n) is 7.85. The van der Waals surface area contributed by atoms with E-state index in [0.29, 0.717) is 168 Å². The smallest absolute Gasteiger partial charge is 0.343 e. The van der Waals surface area contributed by atoms with Gasteiger partial charge in [-0.15, -0.1) is 63.1 Å². The molecule has 0 N–H and O–H groups in total. The van der Waals surface area contributed by atoms with Crippen LogP contribution in [0.25, 0.3) is 0 Å². The van der Waals surface area contributed by atoms with E-state index in [9.17, 15) is 24.0 Å². The molecule has 0 saturated carbocycles. The normalized spacial score (nSPS) is 9.67. The minimum Gasteiger partial charge on any atom is -0.494 e. The van der Waals surface area contributed by atoms with Crippen molar-refractivity contribution >= 4 is 151 Å². The number of thiol groups is 5. The molecule has 0 heterocycles. The van der Waals surface area contributed by atoms with Crippen molar-refractivity contribution < 1.29 is 94.9 Å². The molecule has 560 valence electrons. The highest BCUT2D eigenvalue weighted by atomic mass is 35.5. The van der Waals surface area contributed by atoms with Crippen molar-refractivity contribution in [2.75, 3.05) is 33.0 Å². The van der Waals surface area contributed by atoms with E-state index in [2.05, 4.69) is 63.1 Å². The summed E-state index contributed by atoms with van der Waals surface area (Å²) in [6.07, 6.45) is 0. The third-order valence-corrected chi connectivity index (χ3v) is 16.8. The van der Waals surface area contributed by atoms with Gasteiger partial charge in [0, 0.05) is 54.8 Å². The number of carbonyl (C=O) groups is 5. The lowest BCUT2D eigenvalue weighted by Gasteiger charge is -2.07. The molecule has 0 aliphatic heterocycles. The van der Waals surface area contributed by atoms with Crippen LogP contribution in [0, 0.1) is 0 Å². The monoisotopic (exact) mass is 1640 g/mol. The Morgan fingerprint density at radius 2 is 0.352 bits per heavy atom. The van der Waals surface area contributed by atoms with E-state index in [1.165, 1.54) is 0 Å². The number of carbonyl (C=O) groups excluding carboxylic acids is 5. The van der Waals surface area contributed by atoms with Gasteiger partial charge in [-0.1, -0.05) is 58.0 Å². The Kier molecular flexibility index (Phi) is 44.3. The molecule has 30 heteroatoms. The summed E-state index contributed by atoms with van der Waals surface area (Å²) in [5, 5.41) is 2.18. The molecule has 0 aliphatic carbocycles. The van der Waals surface area contributed by atoms with Crippen LogP contribution in [0.4, 0.5) is 23.5 Å². The van der Waals surface area contributed by atoms with E-state index < -0.39 is 29.8 Å². The van der Waals surface area contributed by atoms with Crippen LogP contribution in [0.2, 0.25) is 25.1 Å². The lowest BCUT2D eigenvalue weighted by Crippen LogP contribution is -2.08. The van der Waals surface area contributed by atoms with Crippen molar-refractivity contribution in [2.45, 2.75) is 59.1 Å². The average molecular weight is 1640 g/mol. The van der Waals surface area contributed by atoms with Gasteiger partial charge in [-0.05, 0) is 217 Å². The van der Waals surface area contributed by atoms with Crippen molar-refractivity contribution in [3.05, 3.63) is 265 Å². The lowest BCUT2D eigenvalue weighted by atomic mass is 10.2. The number of halogens is 10. The van der Waals surface area contributed by atoms with Gasteiger partial charge in [-0.3, -0.25) is 23.5 Å². The zero-order valence-corrected chi connectivity index (χ0v) is 64.3. The molecule has 15 nitrogen and oxygen atoms in total. The number of benzene rings is 10. The number of esters is 5. The highest BCUT2D eigenvalue weighted by Gasteiger charge is 2.16. The number of hydrogen-bond donors (Lipinski definition) is 5. The summed E-state index contributed by atoms with van der Waals surface area (Å²) in [5.74, 6) is 3.24. The molecule has 0 fully saturated rings. The summed E-state index contributed by atoms with van der Waals surface area (Å²) < 4.78 is 52.7. The van der Waals surface area contributed by atoms with Crippen LogP contribution < -0.4 is 47.4 Å². The van der Waals surface area contributed by atoms with Crippen LogP contribution in [-0.2, 0) is 0 Å². The molecular weight excluding hydrogens is 1570 g/mol. The fourth-order valence-corrected chi connectivity index (χ4v) is 9.40. The predicted octanol–water partition coefficient (Wildman–Crippen LogP) is 22.0. The minimum absolute atomic E-state index is 0. The number of hydrogen-bond acceptors (Lipinski definition) is 20. The summed E-state index contributed by atoms with van der Waals surface area (Å²) in [7, 11) is 0. The molecule has 10 aromatic carbocycles. The van der Waals surface area contributed by atoms with E-state index in [4.69, 9.17) is 105 Å². The first-order valence-electron chi connectivity index (χ1n) is 30.2. The first kappa shape index (κ1) is 94.4. The SMILES string of the molecule is CCOc1ccc(C(=O)Oc2ccc(S)c(Cl)c2)cc1.CCOc1ccc(C(=O)Oc2ccc(S)c(Cl)c2)cc1.CCOc1ccc(C(=O)Oc2ccc(S)c(Cl)c2)cc1.CCOc1ccc(C(=O)Oc2ccc(S)c(Cl)c2)cc1.CCOc1ccc(C(=O)Oc2ccc(S)c(Cl)c2)cc1.F.F.F.F.F. The number of ether oxygens (including phenoxy) is 10. The maximum absolute atomic E-state index is 12.0. The van der Waals surface area contributed by atoms with Crippen molar-refractivity contribution in [2.24, 2.45) is 0 Å². The van der Waals surface area contributed by atoms with Crippen molar-refractivity contribution in [1.82, 2.24) is 0 Å². The molecule has 0 aliphatic rings. The molecule has 0 saturated heterocycles. The third kappa shape index (κ3) is 31.9.